The second kappa shape index (κ2) is 6.50. The van der Waals surface area contributed by atoms with Gasteiger partial charge >= 0.3 is 0 Å². The van der Waals surface area contributed by atoms with Gasteiger partial charge < -0.3 is 10.2 Å². The van der Waals surface area contributed by atoms with Crippen LogP contribution in [0.3, 0.4) is 0 Å². The Morgan fingerprint density at radius 2 is 1.84 bits per heavy atom. The highest BCUT2D eigenvalue weighted by molar-refractivity contribution is 6.08. The molecule has 0 aliphatic carbocycles. The van der Waals surface area contributed by atoms with Gasteiger partial charge in [-0.05, 0) is 35.7 Å². The van der Waals surface area contributed by atoms with Gasteiger partial charge in [0.2, 0.25) is 5.91 Å². The van der Waals surface area contributed by atoms with Crippen molar-refractivity contribution in [3.63, 3.8) is 0 Å². The molecule has 2 aromatic heterocycles. The largest absolute Gasteiger partial charge is 0.329 e. The Labute approximate surface area is 178 Å². The number of amides is 2. The maximum Gasteiger partial charge on any atom is 0.273 e. The second-order valence-corrected chi connectivity index (χ2v) is 8.04. The lowest BCUT2D eigenvalue weighted by Crippen LogP contribution is -2.42. The monoisotopic (exact) mass is 409 g/mol. The number of hydrogen-bond acceptors (Lipinski definition) is 4. The van der Waals surface area contributed by atoms with E-state index in [9.17, 15) is 9.59 Å². The number of benzene rings is 2. The number of rotatable bonds is 2. The van der Waals surface area contributed by atoms with Crippen LogP contribution in [-0.4, -0.2) is 38.4 Å². The van der Waals surface area contributed by atoms with Crippen molar-refractivity contribution in [3.05, 3.63) is 89.7 Å². The average Bonchev–Trinajstić information content (AvgIpc) is 3.51. The molecule has 4 heterocycles. The summed E-state index contributed by atoms with van der Waals surface area (Å²) in [5, 5.41) is 10.7. The van der Waals surface area contributed by atoms with E-state index in [1.54, 1.807) is 17.2 Å². The number of anilines is 1. The summed E-state index contributed by atoms with van der Waals surface area (Å²) in [5.74, 6) is -0.255. The fourth-order valence-corrected chi connectivity index (χ4v) is 5.10. The highest BCUT2D eigenvalue weighted by atomic mass is 16.2. The normalized spacial score (nSPS) is 22.1. The maximum absolute atomic E-state index is 13.7. The van der Waals surface area contributed by atoms with Crippen LogP contribution in [0, 0.1) is 0 Å². The fraction of sp³-hybridized carbons (Fsp3) is 0.167. The van der Waals surface area contributed by atoms with Crippen LogP contribution in [0.5, 0.6) is 0 Å². The van der Waals surface area contributed by atoms with Gasteiger partial charge in [0.15, 0.2) is 5.65 Å². The van der Waals surface area contributed by atoms with E-state index in [-0.39, 0.29) is 11.8 Å². The maximum atomic E-state index is 13.7. The molecule has 2 N–H and O–H groups in total. The molecule has 2 atom stereocenters. The number of H-pyrrole nitrogens is 1. The summed E-state index contributed by atoms with van der Waals surface area (Å²) >= 11 is 0. The molecular formula is C24H19N5O2. The van der Waals surface area contributed by atoms with Crippen LogP contribution in [0.25, 0.3) is 11.0 Å². The predicted molar refractivity (Wildman–Crippen MR) is 115 cm³/mol. The van der Waals surface area contributed by atoms with E-state index in [4.69, 9.17) is 0 Å². The topological polar surface area (TPSA) is 91.0 Å². The molecule has 4 aromatic rings. The van der Waals surface area contributed by atoms with Crippen molar-refractivity contribution in [3.8, 4) is 0 Å². The van der Waals surface area contributed by atoms with Crippen molar-refractivity contribution in [2.24, 2.45) is 0 Å². The number of nitrogens with one attached hydrogen (secondary N) is 2. The van der Waals surface area contributed by atoms with Crippen LogP contribution < -0.4 is 5.32 Å². The van der Waals surface area contributed by atoms with E-state index in [0.717, 1.165) is 22.2 Å². The van der Waals surface area contributed by atoms with Gasteiger partial charge in [-0.15, -0.1) is 0 Å². The van der Waals surface area contributed by atoms with Gasteiger partial charge in [-0.2, -0.15) is 5.10 Å². The van der Waals surface area contributed by atoms with Gasteiger partial charge in [-0.3, -0.25) is 14.7 Å². The van der Waals surface area contributed by atoms with Crippen LogP contribution in [0.2, 0.25) is 0 Å². The number of carbonyl (C=O) groups excluding carboxylic acids is 2. The lowest BCUT2D eigenvalue weighted by Gasteiger charge is -2.34. The molecule has 7 nitrogen and oxygen atoms in total. The standard InChI is InChI=1S/C24H19N5O2/c30-22(19-11-10-16-14-25-28-21(16)26-19)29-13-12-24(20(29)15-6-2-1-3-7-15)17-8-4-5-9-18(17)27-23(24)31/h1-11,14,20H,12-13H2,(H,27,31)(H,25,26,28)/t20-,24+/m0/s1. The van der Waals surface area contributed by atoms with E-state index < -0.39 is 11.5 Å². The minimum atomic E-state index is -0.828. The smallest absolute Gasteiger partial charge is 0.273 e. The van der Waals surface area contributed by atoms with E-state index in [1.165, 1.54) is 0 Å². The highest BCUT2D eigenvalue weighted by Gasteiger charge is 2.59. The van der Waals surface area contributed by atoms with Gasteiger partial charge in [0, 0.05) is 17.6 Å². The van der Waals surface area contributed by atoms with Gasteiger partial charge in [-0.25, -0.2) is 4.98 Å². The molecule has 7 heteroatoms. The summed E-state index contributed by atoms with van der Waals surface area (Å²) < 4.78 is 0. The Morgan fingerprint density at radius 1 is 1.03 bits per heavy atom. The number of carbonyl (C=O) groups is 2. The predicted octanol–water partition coefficient (Wildman–Crippen LogP) is 3.44. The summed E-state index contributed by atoms with van der Waals surface area (Å²) in [6.07, 6.45) is 2.22. The van der Waals surface area contributed by atoms with E-state index in [0.29, 0.717) is 24.3 Å². The van der Waals surface area contributed by atoms with E-state index >= 15 is 0 Å². The van der Waals surface area contributed by atoms with Crippen LogP contribution in [0.1, 0.15) is 34.1 Å². The Bertz CT molecular complexity index is 1330. The molecule has 0 bridgehead atoms. The van der Waals surface area contributed by atoms with Gasteiger partial charge in [0.1, 0.15) is 11.1 Å². The summed E-state index contributed by atoms with van der Waals surface area (Å²) in [6.45, 7) is 0.461. The first-order chi connectivity index (χ1) is 15.2. The molecule has 1 spiro atoms. The number of aromatic nitrogens is 3. The molecule has 152 valence electrons. The van der Waals surface area contributed by atoms with Crippen molar-refractivity contribution in [2.75, 3.05) is 11.9 Å². The molecule has 2 amide bonds. The lowest BCUT2D eigenvalue weighted by atomic mass is 9.72. The molecule has 1 fully saturated rings. The van der Waals surface area contributed by atoms with E-state index in [2.05, 4.69) is 20.5 Å². The summed E-state index contributed by atoms with van der Waals surface area (Å²) in [6, 6.07) is 20.7. The number of aromatic amines is 1. The number of nitrogens with zero attached hydrogens (tertiary/aromatic N) is 3. The number of likely N-dealkylation sites (tertiary alicyclic amines) is 1. The number of pyridine rings is 1. The quantitative estimate of drug-likeness (QED) is 0.531. The zero-order chi connectivity index (χ0) is 21.0. The molecule has 0 unspecified atom stereocenters. The molecule has 0 radical (unpaired) electrons. The Balaban J connectivity index is 1.50. The first kappa shape index (κ1) is 17.8. The molecule has 6 rings (SSSR count). The molecule has 2 aromatic carbocycles. The van der Waals surface area contributed by atoms with Crippen LogP contribution in [-0.2, 0) is 10.2 Å². The molecule has 2 aliphatic heterocycles. The third-order valence-corrected chi connectivity index (χ3v) is 6.48. The van der Waals surface area contributed by atoms with E-state index in [1.807, 2.05) is 60.7 Å². The van der Waals surface area contributed by atoms with Crippen molar-refractivity contribution >= 4 is 28.5 Å². The number of hydrogen-bond donors (Lipinski definition) is 2. The summed E-state index contributed by atoms with van der Waals surface area (Å²) in [4.78, 5) is 33.3. The van der Waals surface area contributed by atoms with Gasteiger partial charge in [0.25, 0.3) is 5.91 Å². The van der Waals surface area contributed by atoms with Crippen LogP contribution >= 0.6 is 0 Å². The Morgan fingerprint density at radius 3 is 2.71 bits per heavy atom. The van der Waals surface area contributed by atoms with Gasteiger partial charge in [0.05, 0.1) is 12.2 Å². The van der Waals surface area contributed by atoms with Gasteiger partial charge in [-0.1, -0.05) is 48.5 Å². The Kier molecular flexibility index (Phi) is 3.74. The molecule has 2 aliphatic rings. The number of fused-ring (bicyclic) bond motifs is 3. The molecular weight excluding hydrogens is 390 g/mol. The third-order valence-electron chi connectivity index (χ3n) is 6.48. The minimum Gasteiger partial charge on any atom is -0.329 e. The van der Waals surface area contributed by atoms with Crippen molar-refractivity contribution in [2.45, 2.75) is 17.9 Å². The average molecular weight is 409 g/mol. The van der Waals surface area contributed by atoms with Crippen LogP contribution in [0.15, 0.2) is 72.9 Å². The van der Waals surface area contributed by atoms with Crippen molar-refractivity contribution in [1.82, 2.24) is 20.1 Å². The van der Waals surface area contributed by atoms with Crippen molar-refractivity contribution < 1.29 is 9.59 Å². The zero-order valence-electron chi connectivity index (χ0n) is 16.6. The van der Waals surface area contributed by atoms with Crippen LogP contribution in [0.4, 0.5) is 5.69 Å². The highest BCUT2D eigenvalue weighted by Crippen LogP contribution is 2.54. The van der Waals surface area contributed by atoms with Crippen molar-refractivity contribution in [1.29, 1.82) is 0 Å². The summed E-state index contributed by atoms with van der Waals surface area (Å²) in [5.41, 5.74) is 2.77. The lowest BCUT2D eigenvalue weighted by molar-refractivity contribution is -0.121. The summed E-state index contributed by atoms with van der Waals surface area (Å²) in [7, 11) is 0. The zero-order valence-corrected chi connectivity index (χ0v) is 16.6. The SMILES string of the molecule is O=C(c1ccc2cn[nH]c2n1)N1CC[C@]2(C(=O)Nc3ccccc32)[C@@H]1c1ccccc1. The number of para-hydroxylation sites is 1. The Hall–Kier alpha value is -4.00. The molecule has 31 heavy (non-hydrogen) atoms. The fourth-order valence-electron chi connectivity index (χ4n) is 5.10. The first-order valence-electron chi connectivity index (χ1n) is 10.3. The third kappa shape index (κ3) is 2.46. The first-order valence-corrected chi connectivity index (χ1v) is 10.3. The molecule has 0 saturated carbocycles. The molecule has 1 saturated heterocycles. The minimum absolute atomic E-state index is 0.0603. The second-order valence-electron chi connectivity index (χ2n) is 8.04.